The molecule has 0 saturated heterocycles. The molecule has 1 aliphatic heterocycles. The van der Waals surface area contributed by atoms with Crippen molar-refractivity contribution in [1.82, 2.24) is 4.57 Å². The normalized spacial score (nSPS) is 15.8. The fourth-order valence-electron chi connectivity index (χ4n) is 3.82. The molecule has 2 aromatic carbocycles. The predicted molar refractivity (Wildman–Crippen MR) is 132 cm³/mol. The van der Waals surface area contributed by atoms with Crippen molar-refractivity contribution in [3.63, 3.8) is 0 Å². The summed E-state index contributed by atoms with van der Waals surface area (Å²) in [5.41, 5.74) is 2.35. The summed E-state index contributed by atoms with van der Waals surface area (Å²) in [5, 5.41) is 0. The lowest BCUT2D eigenvalue weighted by molar-refractivity contribution is -0.139. The van der Waals surface area contributed by atoms with E-state index in [1.807, 2.05) is 54.8 Å². The first-order valence-corrected chi connectivity index (χ1v) is 12.5. The number of carbonyl (C=O) groups is 1. The highest BCUT2D eigenvalue weighted by molar-refractivity contribution is 7.98. The maximum atomic E-state index is 13.6. The Hall–Kier alpha value is -3.10. The topological polar surface area (TPSA) is 69.9 Å². The zero-order valence-electron chi connectivity index (χ0n) is 18.8. The number of rotatable bonds is 6. The van der Waals surface area contributed by atoms with Crippen LogP contribution in [0.25, 0.3) is 6.08 Å². The van der Waals surface area contributed by atoms with E-state index in [9.17, 15) is 9.59 Å². The summed E-state index contributed by atoms with van der Waals surface area (Å²) in [4.78, 5) is 32.8. The van der Waals surface area contributed by atoms with E-state index in [4.69, 9.17) is 9.47 Å². The summed E-state index contributed by atoms with van der Waals surface area (Å²) in [6.45, 7) is 3.79. The Morgan fingerprint density at radius 3 is 2.61 bits per heavy atom. The van der Waals surface area contributed by atoms with E-state index in [1.54, 1.807) is 43.4 Å². The van der Waals surface area contributed by atoms with Gasteiger partial charge in [0.1, 0.15) is 5.75 Å². The number of carbonyl (C=O) groups excluding carboxylic acids is 1. The summed E-state index contributed by atoms with van der Waals surface area (Å²) in [5.74, 6) is 0.215. The molecule has 6 nitrogen and oxygen atoms in total. The molecule has 8 heteroatoms. The van der Waals surface area contributed by atoms with Crippen LogP contribution in [-0.2, 0) is 9.53 Å². The van der Waals surface area contributed by atoms with Gasteiger partial charge in [0.05, 0.1) is 35.6 Å². The Morgan fingerprint density at radius 1 is 1.21 bits per heavy atom. The second-order valence-corrected chi connectivity index (χ2v) is 9.21. The van der Waals surface area contributed by atoms with Crippen LogP contribution in [0.3, 0.4) is 0 Å². The number of nitrogens with zero attached hydrogens (tertiary/aromatic N) is 2. The summed E-state index contributed by atoms with van der Waals surface area (Å²) < 4.78 is 12.9. The zero-order valence-corrected chi connectivity index (χ0v) is 20.5. The Balaban J connectivity index is 1.95. The Kier molecular flexibility index (Phi) is 6.85. The van der Waals surface area contributed by atoms with Crippen molar-refractivity contribution in [2.75, 3.05) is 20.0 Å². The summed E-state index contributed by atoms with van der Waals surface area (Å²) in [6, 6.07) is 14.8. The molecule has 0 bridgehead atoms. The number of allylic oxidation sites excluding steroid dienone is 1. The highest BCUT2D eigenvalue weighted by atomic mass is 32.2. The van der Waals surface area contributed by atoms with Crippen LogP contribution in [0, 0.1) is 0 Å². The molecule has 1 atom stereocenters. The number of fused-ring (bicyclic) bond motifs is 1. The molecule has 0 aliphatic carbocycles. The van der Waals surface area contributed by atoms with Gasteiger partial charge in [-0.15, -0.1) is 11.8 Å². The Morgan fingerprint density at radius 2 is 1.94 bits per heavy atom. The molecule has 0 fully saturated rings. The number of thioether (sulfide) groups is 1. The molecule has 0 radical (unpaired) electrons. The van der Waals surface area contributed by atoms with Gasteiger partial charge in [0.15, 0.2) is 4.80 Å². The molecule has 33 heavy (non-hydrogen) atoms. The Bertz CT molecular complexity index is 1400. The van der Waals surface area contributed by atoms with E-state index in [0.29, 0.717) is 26.4 Å². The van der Waals surface area contributed by atoms with Gasteiger partial charge in [0.2, 0.25) is 0 Å². The van der Waals surface area contributed by atoms with Crippen LogP contribution in [0.2, 0.25) is 0 Å². The maximum absolute atomic E-state index is 13.6. The van der Waals surface area contributed by atoms with Crippen LogP contribution in [0.15, 0.2) is 74.5 Å². The number of para-hydroxylation sites is 1. The van der Waals surface area contributed by atoms with Gasteiger partial charge in [-0.3, -0.25) is 9.36 Å². The van der Waals surface area contributed by atoms with Crippen LogP contribution >= 0.6 is 23.1 Å². The molecule has 0 saturated carbocycles. The molecule has 0 unspecified atom stereocenters. The van der Waals surface area contributed by atoms with Gasteiger partial charge in [-0.05, 0) is 49.9 Å². The standard InChI is InChI=1S/C25H24N2O4S2/c1-5-31-24(29)21-15(2)26-25-27(22(21)16-10-12-18(32-4)13-11-16)23(28)20(33-25)14-17-8-6-7-9-19(17)30-3/h6-14,22H,5H2,1-4H3/b20-14-/t22-/m1/s1. The van der Waals surface area contributed by atoms with Crippen LogP contribution in [0.5, 0.6) is 5.75 Å². The third kappa shape index (κ3) is 4.41. The van der Waals surface area contributed by atoms with Crippen LogP contribution in [-0.4, -0.2) is 30.5 Å². The summed E-state index contributed by atoms with van der Waals surface area (Å²) in [7, 11) is 1.60. The number of ether oxygens (including phenoxy) is 2. The van der Waals surface area contributed by atoms with E-state index in [1.165, 1.54) is 11.3 Å². The van der Waals surface area contributed by atoms with E-state index in [-0.39, 0.29) is 12.2 Å². The van der Waals surface area contributed by atoms with Crippen molar-refractivity contribution < 1.29 is 14.3 Å². The van der Waals surface area contributed by atoms with Crippen molar-refractivity contribution in [3.8, 4) is 5.75 Å². The lowest BCUT2D eigenvalue weighted by atomic mass is 9.96. The number of hydrogen-bond acceptors (Lipinski definition) is 7. The summed E-state index contributed by atoms with van der Waals surface area (Å²) in [6.07, 6.45) is 3.81. The van der Waals surface area contributed by atoms with Crippen molar-refractivity contribution in [2.45, 2.75) is 24.8 Å². The van der Waals surface area contributed by atoms with E-state index >= 15 is 0 Å². The van der Waals surface area contributed by atoms with E-state index < -0.39 is 12.0 Å². The molecule has 0 spiro atoms. The molecule has 4 rings (SSSR count). The third-order valence-electron chi connectivity index (χ3n) is 5.37. The first-order valence-electron chi connectivity index (χ1n) is 10.4. The molecule has 170 valence electrons. The quantitative estimate of drug-likeness (QED) is 0.399. The number of aromatic nitrogens is 1. The van der Waals surface area contributed by atoms with Crippen molar-refractivity contribution in [1.29, 1.82) is 0 Å². The third-order valence-corrected chi connectivity index (χ3v) is 7.10. The largest absolute Gasteiger partial charge is 0.496 e. The average Bonchev–Trinajstić information content (AvgIpc) is 3.13. The number of hydrogen-bond donors (Lipinski definition) is 0. The van der Waals surface area contributed by atoms with Crippen molar-refractivity contribution in [2.24, 2.45) is 4.99 Å². The zero-order chi connectivity index (χ0) is 23.5. The second-order valence-electron chi connectivity index (χ2n) is 7.32. The summed E-state index contributed by atoms with van der Waals surface area (Å²) >= 11 is 2.93. The van der Waals surface area contributed by atoms with Gasteiger partial charge < -0.3 is 9.47 Å². The van der Waals surface area contributed by atoms with Gasteiger partial charge in [-0.1, -0.05) is 41.7 Å². The molecule has 2 heterocycles. The van der Waals surface area contributed by atoms with Crippen molar-refractivity contribution in [3.05, 3.63) is 90.6 Å². The maximum Gasteiger partial charge on any atom is 0.338 e. The first kappa shape index (κ1) is 23.1. The highest BCUT2D eigenvalue weighted by Crippen LogP contribution is 2.31. The fourth-order valence-corrected chi connectivity index (χ4v) is 5.27. The molecule has 3 aromatic rings. The van der Waals surface area contributed by atoms with Gasteiger partial charge in [0, 0.05) is 10.5 Å². The van der Waals surface area contributed by atoms with E-state index in [0.717, 1.165) is 16.0 Å². The minimum Gasteiger partial charge on any atom is -0.496 e. The number of benzene rings is 2. The lowest BCUT2D eigenvalue weighted by Gasteiger charge is -2.24. The number of thiazole rings is 1. The predicted octanol–water partition coefficient (Wildman–Crippen LogP) is 3.53. The smallest absolute Gasteiger partial charge is 0.338 e. The van der Waals surface area contributed by atoms with Crippen molar-refractivity contribution >= 4 is 35.1 Å². The first-order chi connectivity index (χ1) is 16.0. The fraction of sp³-hybridized carbons (Fsp3) is 0.240. The molecule has 0 N–H and O–H groups in total. The van der Waals surface area contributed by atoms with Crippen LogP contribution in [0.4, 0.5) is 0 Å². The average molecular weight is 481 g/mol. The lowest BCUT2D eigenvalue weighted by Crippen LogP contribution is -2.39. The van der Waals surface area contributed by atoms with Crippen LogP contribution < -0.4 is 19.6 Å². The van der Waals surface area contributed by atoms with Gasteiger partial charge in [0.25, 0.3) is 5.56 Å². The van der Waals surface area contributed by atoms with E-state index in [2.05, 4.69) is 4.99 Å². The second kappa shape index (κ2) is 9.80. The minimum absolute atomic E-state index is 0.210. The highest BCUT2D eigenvalue weighted by Gasteiger charge is 2.33. The molecule has 1 aromatic heterocycles. The molecule has 0 amide bonds. The molecular formula is C25H24N2O4S2. The van der Waals surface area contributed by atoms with Gasteiger partial charge in [-0.2, -0.15) is 0 Å². The molecular weight excluding hydrogens is 456 g/mol. The van der Waals surface area contributed by atoms with Gasteiger partial charge in [-0.25, -0.2) is 9.79 Å². The number of methoxy groups -OCH3 is 1. The minimum atomic E-state index is -0.615. The Labute approximate surface area is 199 Å². The van der Waals surface area contributed by atoms with Crippen LogP contribution in [0.1, 0.15) is 31.0 Å². The molecule has 1 aliphatic rings. The monoisotopic (exact) mass is 480 g/mol. The SMILES string of the molecule is CCOC(=O)C1=C(C)N=c2s/c(=C\c3ccccc3OC)c(=O)n2[C@@H]1c1ccc(SC)cc1. The number of esters is 1. The van der Waals surface area contributed by atoms with Gasteiger partial charge >= 0.3 is 5.97 Å².